The van der Waals surface area contributed by atoms with Crippen molar-refractivity contribution in [3.05, 3.63) is 71.3 Å². The number of likely N-dealkylation sites (tertiary alicyclic amines) is 1. The summed E-state index contributed by atoms with van der Waals surface area (Å²) in [7, 11) is 0. The molecule has 2 aliphatic heterocycles. The van der Waals surface area contributed by atoms with E-state index in [1.807, 2.05) is 30.3 Å². The van der Waals surface area contributed by atoms with E-state index in [-0.39, 0.29) is 24.2 Å². The maximum atomic E-state index is 13.5. The molecule has 0 aliphatic carbocycles. The molecular weight excluding hydrogens is 382 g/mol. The molecule has 2 aromatic rings. The minimum atomic E-state index is -0.940. The van der Waals surface area contributed by atoms with Gasteiger partial charge in [0.15, 0.2) is 0 Å². The zero-order chi connectivity index (χ0) is 21.3. The van der Waals surface area contributed by atoms with E-state index in [1.54, 1.807) is 29.2 Å². The van der Waals surface area contributed by atoms with Gasteiger partial charge in [-0.1, -0.05) is 42.5 Å². The lowest BCUT2D eigenvalue weighted by atomic mass is 9.95. The van der Waals surface area contributed by atoms with Crippen LogP contribution in [0.1, 0.15) is 39.1 Å². The van der Waals surface area contributed by atoms with Gasteiger partial charge < -0.3 is 10.6 Å². The number of primary amides is 1. The highest BCUT2D eigenvalue weighted by Crippen LogP contribution is 2.28. The summed E-state index contributed by atoms with van der Waals surface area (Å²) in [6.45, 7) is 0.752. The minimum Gasteiger partial charge on any atom is -0.369 e. The van der Waals surface area contributed by atoms with Gasteiger partial charge in [-0.2, -0.15) is 0 Å². The first kappa shape index (κ1) is 19.8. The Morgan fingerprint density at radius 1 is 0.900 bits per heavy atom. The highest BCUT2D eigenvalue weighted by Gasteiger charge is 2.44. The molecule has 4 rings (SSSR count). The highest BCUT2D eigenvalue weighted by atomic mass is 16.2. The Bertz CT molecular complexity index is 962. The molecule has 1 unspecified atom stereocenters. The molecule has 1 fully saturated rings. The van der Waals surface area contributed by atoms with Crippen LogP contribution in [0.3, 0.4) is 0 Å². The molecule has 1 saturated heterocycles. The number of fused-ring (bicyclic) bond motifs is 1. The molecule has 2 N–H and O–H groups in total. The molecular formula is C23H23N3O4. The smallest absolute Gasteiger partial charge is 0.262 e. The van der Waals surface area contributed by atoms with E-state index in [0.717, 1.165) is 10.5 Å². The highest BCUT2D eigenvalue weighted by molar-refractivity contribution is 6.22. The van der Waals surface area contributed by atoms with Crippen molar-refractivity contribution in [1.29, 1.82) is 0 Å². The molecule has 154 valence electrons. The lowest BCUT2D eigenvalue weighted by Crippen LogP contribution is -2.54. The first-order valence-electron chi connectivity index (χ1n) is 10.1. The first-order valence-corrected chi connectivity index (χ1v) is 10.1. The second kappa shape index (κ2) is 8.10. The van der Waals surface area contributed by atoms with Crippen LogP contribution in [0.2, 0.25) is 0 Å². The fourth-order valence-electron chi connectivity index (χ4n) is 4.21. The van der Waals surface area contributed by atoms with Gasteiger partial charge in [0.25, 0.3) is 11.8 Å². The second-order valence-electron chi connectivity index (χ2n) is 7.73. The van der Waals surface area contributed by atoms with Crippen molar-refractivity contribution in [3.63, 3.8) is 0 Å². The Hall–Kier alpha value is -3.48. The van der Waals surface area contributed by atoms with Crippen LogP contribution in [0.25, 0.3) is 0 Å². The van der Waals surface area contributed by atoms with Crippen molar-refractivity contribution in [2.45, 2.75) is 25.3 Å². The molecule has 30 heavy (non-hydrogen) atoms. The number of carbonyl (C=O) groups excluding carboxylic acids is 4. The van der Waals surface area contributed by atoms with E-state index in [0.29, 0.717) is 37.1 Å². The van der Waals surface area contributed by atoms with Crippen molar-refractivity contribution in [3.8, 4) is 0 Å². The van der Waals surface area contributed by atoms with Gasteiger partial charge in [-0.15, -0.1) is 0 Å². The molecule has 1 atom stereocenters. The number of piperidine rings is 1. The van der Waals surface area contributed by atoms with E-state index < -0.39 is 17.9 Å². The van der Waals surface area contributed by atoms with E-state index in [9.17, 15) is 19.2 Å². The number of benzene rings is 2. The van der Waals surface area contributed by atoms with Crippen LogP contribution in [-0.4, -0.2) is 52.6 Å². The maximum Gasteiger partial charge on any atom is 0.262 e. The molecule has 0 saturated carbocycles. The number of hydrogen-bond donors (Lipinski definition) is 1. The number of rotatable bonds is 5. The summed E-state index contributed by atoms with van der Waals surface area (Å²) in [6, 6.07) is 15.0. The summed E-state index contributed by atoms with van der Waals surface area (Å²) in [4.78, 5) is 53.7. The lowest BCUT2D eigenvalue weighted by Gasteiger charge is -2.35. The van der Waals surface area contributed by atoms with Crippen LogP contribution in [0, 0.1) is 5.92 Å². The molecule has 4 amide bonds. The molecule has 0 aromatic heterocycles. The van der Waals surface area contributed by atoms with E-state index >= 15 is 0 Å². The van der Waals surface area contributed by atoms with Crippen LogP contribution in [0.5, 0.6) is 0 Å². The number of carbonyl (C=O) groups is 4. The zero-order valence-electron chi connectivity index (χ0n) is 16.5. The molecule has 0 spiro atoms. The number of hydrogen-bond acceptors (Lipinski definition) is 4. The summed E-state index contributed by atoms with van der Waals surface area (Å²) < 4.78 is 0. The third-order valence-corrected chi connectivity index (χ3v) is 5.90. The predicted octanol–water partition coefficient (Wildman–Crippen LogP) is 1.62. The van der Waals surface area contributed by atoms with Gasteiger partial charge in [-0.25, -0.2) is 0 Å². The second-order valence-corrected chi connectivity index (χ2v) is 7.73. The van der Waals surface area contributed by atoms with E-state index in [1.165, 1.54) is 0 Å². The largest absolute Gasteiger partial charge is 0.369 e. The number of nitrogens with two attached hydrogens (primary N) is 1. The SMILES string of the molecule is NC(=O)C1CCN(C(=O)C(Cc2ccccc2)N2C(=O)c3ccccc3C2=O)CC1. The van der Waals surface area contributed by atoms with Gasteiger partial charge in [0.2, 0.25) is 11.8 Å². The average molecular weight is 405 g/mol. The van der Waals surface area contributed by atoms with Crippen molar-refractivity contribution in [1.82, 2.24) is 9.80 Å². The van der Waals surface area contributed by atoms with Gasteiger partial charge in [-0.05, 0) is 30.5 Å². The van der Waals surface area contributed by atoms with Gasteiger partial charge in [0, 0.05) is 25.4 Å². The van der Waals surface area contributed by atoms with Crippen LogP contribution >= 0.6 is 0 Å². The molecule has 2 aliphatic rings. The fraction of sp³-hybridized carbons (Fsp3) is 0.304. The fourth-order valence-corrected chi connectivity index (χ4v) is 4.21. The number of amides is 4. The van der Waals surface area contributed by atoms with Crippen molar-refractivity contribution >= 4 is 23.6 Å². The van der Waals surface area contributed by atoms with Crippen molar-refractivity contribution in [2.75, 3.05) is 13.1 Å². The number of imide groups is 1. The van der Waals surface area contributed by atoms with E-state index in [4.69, 9.17) is 5.73 Å². The molecule has 0 bridgehead atoms. The van der Waals surface area contributed by atoms with Crippen LogP contribution in [0.15, 0.2) is 54.6 Å². The third kappa shape index (κ3) is 3.58. The summed E-state index contributed by atoms with van der Waals surface area (Å²) in [5.74, 6) is -1.78. The summed E-state index contributed by atoms with van der Waals surface area (Å²) in [5, 5.41) is 0. The minimum absolute atomic E-state index is 0.237. The summed E-state index contributed by atoms with van der Waals surface area (Å²) in [5.41, 5.74) is 6.90. The maximum absolute atomic E-state index is 13.5. The van der Waals surface area contributed by atoms with Crippen molar-refractivity contribution < 1.29 is 19.2 Å². The Kier molecular flexibility index (Phi) is 5.35. The molecule has 0 radical (unpaired) electrons. The average Bonchev–Trinajstić information content (AvgIpc) is 3.03. The lowest BCUT2D eigenvalue weighted by molar-refractivity contribution is -0.138. The Morgan fingerprint density at radius 2 is 1.43 bits per heavy atom. The predicted molar refractivity (Wildman–Crippen MR) is 109 cm³/mol. The Morgan fingerprint density at radius 3 is 1.97 bits per heavy atom. The summed E-state index contributed by atoms with van der Waals surface area (Å²) in [6.07, 6.45) is 1.21. The van der Waals surface area contributed by atoms with Crippen LogP contribution in [0.4, 0.5) is 0 Å². The quantitative estimate of drug-likeness (QED) is 0.764. The molecule has 7 nitrogen and oxygen atoms in total. The molecule has 2 aromatic carbocycles. The third-order valence-electron chi connectivity index (χ3n) is 5.90. The van der Waals surface area contributed by atoms with Gasteiger partial charge in [-0.3, -0.25) is 24.1 Å². The van der Waals surface area contributed by atoms with Crippen LogP contribution < -0.4 is 5.73 Å². The number of nitrogens with zero attached hydrogens (tertiary/aromatic N) is 2. The van der Waals surface area contributed by atoms with E-state index in [2.05, 4.69) is 0 Å². The molecule has 2 heterocycles. The first-order chi connectivity index (χ1) is 14.5. The summed E-state index contributed by atoms with van der Waals surface area (Å²) >= 11 is 0. The van der Waals surface area contributed by atoms with Gasteiger partial charge in [0.05, 0.1) is 11.1 Å². The Labute approximate surface area is 174 Å². The zero-order valence-corrected chi connectivity index (χ0v) is 16.5. The Balaban J connectivity index is 1.62. The van der Waals surface area contributed by atoms with Crippen LogP contribution in [-0.2, 0) is 16.0 Å². The monoisotopic (exact) mass is 405 g/mol. The molecule has 7 heteroatoms. The van der Waals surface area contributed by atoms with Crippen molar-refractivity contribution in [2.24, 2.45) is 11.7 Å². The van der Waals surface area contributed by atoms with Gasteiger partial charge in [0.1, 0.15) is 6.04 Å². The normalized spacial score (nSPS) is 17.7. The topological polar surface area (TPSA) is 101 Å². The standard InChI is InChI=1S/C23H23N3O4/c24-20(27)16-10-12-25(13-11-16)23(30)19(14-15-6-2-1-3-7-15)26-21(28)17-8-4-5-9-18(17)22(26)29/h1-9,16,19H,10-14H2,(H2,24,27). The van der Waals surface area contributed by atoms with Gasteiger partial charge >= 0.3 is 0 Å².